The number of hydrogen-bond donors (Lipinski definition) is 2. The third-order valence-electron chi connectivity index (χ3n) is 3.12. The van der Waals surface area contributed by atoms with Crippen LogP contribution in [0.2, 0.25) is 0 Å². The summed E-state index contributed by atoms with van der Waals surface area (Å²) in [6.07, 6.45) is -0.0326. The molecule has 0 heterocycles. The molecule has 0 bridgehead atoms. The first-order valence-corrected chi connectivity index (χ1v) is 6.83. The Morgan fingerprint density at radius 2 is 1.91 bits per heavy atom. The van der Waals surface area contributed by atoms with Gasteiger partial charge in [0.15, 0.2) is 6.61 Å². The first kappa shape index (κ1) is 15.6. The Hall–Kier alpha value is -2.82. The van der Waals surface area contributed by atoms with Gasteiger partial charge in [0.1, 0.15) is 5.75 Å². The number of aliphatic carboxylic acids is 1. The normalized spacial score (nSPS) is 10.0. The Balaban J connectivity index is 2.28. The second kappa shape index (κ2) is 7.26. The summed E-state index contributed by atoms with van der Waals surface area (Å²) in [6, 6.07) is 14.6. The predicted octanol–water partition coefficient (Wildman–Crippen LogP) is 2.11. The van der Waals surface area contributed by atoms with E-state index in [1.165, 1.54) is 0 Å². The zero-order valence-corrected chi connectivity index (χ0v) is 12.2. The summed E-state index contributed by atoms with van der Waals surface area (Å²) in [4.78, 5) is 22.1. The zero-order chi connectivity index (χ0) is 15.9. The summed E-state index contributed by atoms with van der Waals surface area (Å²) < 4.78 is 5.54. The van der Waals surface area contributed by atoms with Crippen LogP contribution in [0.3, 0.4) is 0 Å². The van der Waals surface area contributed by atoms with Gasteiger partial charge in [-0.2, -0.15) is 0 Å². The number of para-hydroxylation sites is 1. The van der Waals surface area contributed by atoms with Crippen molar-refractivity contribution in [2.24, 2.45) is 0 Å². The van der Waals surface area contributed by atoms with Crippen molar-refractivity contribution >= 4 is 11.9 Å². The summed E-state index contributed by atoms with van der Waals surface area (Å²) >= 11 is 0. The van der Waals surface area contributed by atoms with Crippen LogP contribution in [0.25, 0.3) is 11.1 Å². The molecule has 22 heavy (non-hydrogen) atoms. The van der Waals surface area contributed by atoms with Gasteiger partial charge in [-0.15, -0.1) is 0 Å². The number of carbonyl (C=O) groups is 2. The molecule has 1 amide bonds. The summed E-state index contributed by atoms with van der Waals surface area (Å²) in [7, 11) is 1.55. The third kappa shape index (κ3) is 4.09. The Kier molecular flexibility index (Phi) is 5.14. The lowest BCUT2D eigenvalue weighted by molar-refractivity contribution is -0.136. The van der Waals surface area contributed by atoms with Crippen molar-refractivity contribution in [1.29, 1.82) is 0 Å². The number of rotatable bonds is 6. The molecule has 0 aliphatic carbocycles. The van der Waals surface area contributed by atoms with E-state index in [1.54, 1.807) is 19.2 Å². The minimum absolute atomic E-state index is 0.0326. The van der Waals surface area contributed by atoms with Crippen molar-refractivity contribution in [3.8, 4) is 16.9 Å². The van der Waals surface area contributed by atoms with Crippen molar-refractivity contribution in [2.45, 2.75) is 6.42 Å². The number of hydrogen-bond acceptors (Lipinski definition) is 3. The lowest BCUT2D eigenvalue weighted by Gasteiger charge is -2.11. The maximum atomic E-state index is 11.3. The highest BCUT2D eigenvalue weighted by Crippen LogP contribution is 2.30. The maximum Gasteiger partial charge on any atom is 0.307 e. The second-order valence-corrected chi connectivity index (χ2v) is 4.73. The highest BCUT2D eigenvalue weighted by molar-refractivity contribution is 5.78. The minimum Gasteiger partial charge on any atom is -0.483 e. The van der Waals surface area contributed by atoms with Gasteiger partial charge in [0.05, 0.1) is 6.42 Å². The number of carboxylic acids is 1. The lowest BCUT2D eigenvalue weighted by Crippen LogP contribution is -2.24. The SMILES string of the molecule is CNC(=O)COc1ccccc1-c1cccc(CC(=O)O)c1. The summed E-state index contributed by atoms with van der Waals surface area (Å²) in [5.41, 5.74) is 2.39. The molecule has 2 N–H and O–H groups in total. The molecule has 0 unspecified atom stereocenters. The fourth-order valence-electron chi connectivity index (χ4n) is 2.07. The molecule has 0 aliphatic heterocycles. The van der Waals surface area contributed by atoms with Crippen LogP contribution >= 0.6 is 0 Å². The molecule has 0 radical (unpaired) electrons. The van der Waals surface area contributed by atoms with Crippen LogP contribution in [-0.4, -0.2) is 30.6 Å². The van der Waals surface area contributed by atoms with Gasteiger partial charge in [0.25, 0.3) is 5.91 Å². The summed E-state index contributed by atoms with van der Waals surface area (Å²) in [5, 5.41) is 11.4. The maximum absolute atomic E-state index is 11.3. The molecule has 0 saturated carbocycles. The Bertz CT molecular complexity index is 682. The fraction of sp³-hybridized carbons (Fsp3) is 0.176. The third-order valence-corrected chi connectivity index (χ3v) is 3.12. The van der Waals surface area contributed by atoms with Gasteiger partial charge in [0, 0.05) is 12.6 Å². The van der Waals surface area contributed by atoms with Crippen molar-refractivity contribution in [3.05, 3.63) is 54.1 Å². The molecular formula is C17H17NO4. The topological polar surface area (TPSA) is 75.6 Å². The highest BCUT2D eigenvalue weighted by atomic mass is 16.5. The lowest BCUT2D eigenvalue weighted by atomic mass is 10.0. The van der Waals surface area contributed by atoms with Crippen molar-refractivity contribution in [3.63, 3.8) is 0 Å². The van der Waals surface area contributed by atoms with Gasteiger partial charge >= 0.3 is 5.97 Å². The van der Waals surface area contributed by atoms with E-state index < -0.39 is 5.97 Å². The molecule has 0 atom stereocenters. The summed E-state index contributed by atoms with van der Waals surface area (Å²) in [5.74, 6) is -0.505. The molecule has 114 valence electrons. The number of amides is 1. The molecule has 0 fully saturated rings. The van der Waals surface area contributed by atoms with E-state index in [2.05, 4.69) is 5.32 Å². The van der Waals surface area contributed by atoms with E-state index in [1.807, 2.05) is 36.4 Å². The van der Waals surface area contributed by atoms with E-state index in [-0.39, 0.29) is 18.9 Å². The van der Waals surface area contributed by atoms with Crippen molar-refractivity contribution < 1.29 is 19.4 Å². The number of ether oxygens (including phenoxy) is 1. The van der Waals surface area contributed by atoms with Crippen LogP contribution < -0.4 is 10.1 Å². The molecule has 5 nitrogen and oxygen atoms in total. The number of carbonyl (C=O) groups excluding carboxylic acids is 1. The van der Waals surface area contributed by atoms with Gasteiger partial charge in [-0.05, 0) is 17.2 Å². The molecule has 0 spiro atoms. The van der Waals surface area contributed by atoms with Crippen LogP contribution in [0.1, 0.15) is 5.56 Å². The van der Waals surface area contributed by atoms with E-state index in [9.17, 15) is 9.59 Å². The number of benzene rings is 2. The number of nitrogens with one attached hydrogen (secondary N) is 1. The molecule has 0 saturated heterocycles. The first-order chi connectivity index (χ1) is 10.6. The van der Waals surface area contributed by atoms with E-state index in [4.69, 9.17) is 9.84 Å². The standard InChI is InChI=1S/C17H17NO4/c1-18-16(19)11-22-15-8-3-2-7-14(15)13-6-4-5-12(9-13)10-17(20)21/h2-9H,10-11H2,1H3,(H,18,19)(H,20,21). The molecule has 0 aliphatic rings. The van der Waals surface area contributed by atoms with E-state index in [0.717, 1.165) is 11.1 Å². The molecule has 2 aromatic carbocycles. The predicted molar refractivity (Wildman–Crippen MR) is 82.8 cm³/mol. The van der Waals surface area contributed by atoms with Crippen LogP contribution in [0.4, 0.5) is 0 Å². The Labute approximate surface area is 128 Å². The largest absolute Gasteiger partial charge is 0.483 e. The van der Waals surface area contributed by atoms with Crippen LogP contribution in [0, 0.1) is 0 Å². The molecule has 5 heteroatoms. The molecular weight excluding hydrogens is 282 g/mol. The van der Waals surface area contributed by atoms with E-state index >= 15 is 0 Å². The molecule has 2 rings (SSSR count). The van der Waals surface area contributed by atoms with E-state index in [0.29, 0.717) is 11.3 Å². The van der Waals surface area contributed by atoms with Crippen molar-refractivity contribution in [1.82, 2.24) is 5.32 Å². The van der Waals surface area contributed by atoms with Crippen LogP contribution in [0.15, 0.2) is 48.5 Å². The average molecular weight is 299 g/mol. The summed E-state index contributed by atoms with van der Waals surface area (Å²) in [6.45, 7) is -0.0671. The van der Waals surface area contributed by atoms with Gasteiger partial charge in [-0.3, -0.25) is 9.59 Å². The van der Waals surface area contributed by atoms with Gasteiger partial charge in [0.2, 0.25) is 0 Å². The van der Waals surface area contributed by atoms with Gasteiger partial charge in [-0.25, -0.2) is 0 Å². The number of likely N-dealkylation sites (N-methyl/N-ethyl adjacent to an activating group) is 1. The Morgan fingerprint density at radius 1 is 1.14 bits per heavy atom. The zero-order valence-electron chi connectivity index (χ0n) is 12.2. The Morgan fingerprint density at radius 3 is 2.64 bits per heavy atom. The quantitative estimate of drug-likeness (QED) is 0.856. The number of carboxylic acid groups (broad SMARTS) is 1. The smallest absolute Gasteiger partial charge is 0.307 e. The first-order valence-electron chi connectivity index (χ1n) is 6.83. The molecule has 2 aromatic rings. The second-order valence-electron chi connectivity index (χ2n) is 4.73. The fourth-order valence-corrected chi connectivity index (χ4v) is 2.07. The van der Waals surface area contributed by atoms with Crippen LogP contribution in [-0.2, 0) is 16.0 Å². The highest BCUT2D eigenvalue weighted by Gasteiger charge is 2.09. The minimum atomic E-state index is -0.874. The van der Waals surface area contributed by atoms with Gasteiger partial charge < -0.3 is 15.2 Å². The monoisotopic (exact) mass is 299 g/mol. The van der Waals surface area contributed by atoms with Crippen LogP contribution in [0.5, 0.6) is 5.75 Å². The average Bonchev–Trinajstić information content (AvgIpc) is 2.52. The molecule has 0 aromatic heterocycles. The van der Waals surface area contributed by atoms with Crippen molar-refractivity contribution in [2.75, 3.05) is 13.7 Å². The van der Waals surface area contributed by atoms with Gasteiger partial charge in [-0.1, -0.05) is 42.5 Å².